The number of hydrogen-bond acceptors (Lipinski definition) is 4. The second-order valence-electron chi connectivity index (χ2n) is 7.87. The van der Waals surface area contributed by atoms with Gasteiger partial charge in [-0.05, 0) is 95.6 Å². The van der Waals surface area contributed by atoms with Gasteiger partial charge >= 0.3 is 7.60 Å². The van der Waals surface area contributed by atoms with Crippen LogP contribution in [0.2, 0.25) is 0 Å². The van der Waals surface area contributed by atoms with Crippen LogP contribution in [0, 0.1) is 24.6 Å². The summed E-state index contributed by atoms with van der Waals surface area (Å²) < 4.78 is 24.3. The van der Waals surface area contributed by atoms with E-state index in [0.29, 0.717) is 18.5 Å². The molecule has 0 saturated carbocycles. The number of aryl methyl sites for hydroxylation is 2. The minimum absolute atomic E-state index is 0.268. The number of Topliss-reactive ketones (excluding diaryl/α,β-unsaturated/α-hetero) is 1. The molecule has 0 aliphatic carbocycles. The Morgan fingerprint density at radius 3 is 2.00 bits per heavy atom. The standard InChI is InChI=1S/C24H23FNO5P.C2H6/c1-15-9-20(24(27)14-32(29,30)31)10-16(2)22(15)13-18-5-8-23(26-28)19(12-18)11-17-3-6-21(25)7-4-17;1-2/h3-10,12H,11,13-14H2,1-2H3,(H2,29,30,31);1-2H3. The molecule has 0 heterocycles. The van der Waals surface area contributed by atoms with Crippen molar-refractivity contribution in [3.8, 4) is 0 Å². The Kier molecular flexibility index (Phi) is 9.56. The lowest BCUT2D eigenvalue weighted by Crippen LogP contribution is -2.08. The number of nitroso groups, excluding NO2 is 1. The van der Waals surface area contributed by atoms with Crippen LogP contribution in [0.5, 0.6) is 0 Å². The van der Waals surface area contributed by atoms with Crippen molar-refractivity contribution < 1.29 is 23.5 Å². The van der Waals surface area contributed by atoms with Crippen molar-refractivity contribution in [3.63, 3.8) is 0 Å². The van der Waals surface area contributed by atoms with Gasteiger partial charge in [-0.1, -0.05) is 38.1 Å². The molecular formula is C26H29FNO5P. The number of rotatable bonds is 8. The number of carbonyl (C=O) groups excluding carboxylic acids is 1. The highest BCUT2D eigenvalue weighted by Gasteiger charge is 2.21. The van der Waals surface area contributed by atoms with E-state index in [0.717, 1.165) is 33.4 Å². The first-order valence-electron chi connectivity index (χ1n) is 10.9. The summed E-state index contributed by atoms with van der Waals surface area (Å²) in [5.41, 5.74) is 5.76. The fourth-order valence-corrected chi connectivity index (χ4v) is 4.27. The molecule has 34 heavy (non-hydrogen) atoms. The Bertz CT molecular complexity index is 1200. The number of ketones is 1. The monoisotopic (exact) mass is 485 g/mol. The highest BCUT2D eigenvalue weighted by atomic mass is 31.2. The van der Waals surface area contributed by atoms with Gasteiger partial charge in [0.2, 0.25) is 0 Å². The van der Waals surface area contributed by atoms with Crippen molar-refractivity contribution in [2.75, 3.05) is 6.16 Å². The molecule has 0 aliphatic heterocycles. The molecule has 0 bridgehead atoms. The molecule has 8 heteroatoms. The van der Waals surface area contributed by atoms with Crippen LogP contribution in [0.4, 0.5) is 10.1 Å². The van der Waals surface area contributed by atoms with Crippen molar-refractivity contribution in [1.29, 1.82) is 0 Å². The van der Waals surface area contributed by atoms with E-state index in [2.05, 4.69) is 5.18 Å². The zero-order valence-electron chi connectivity index (χ0n) is 19.7. The molecule has 0 aromatic heterocycles. The summed E-state index contributed by atoms with van der Waals surface area (Å²) in [6.45, 7) is 7.69. The predicted molar refractivity (Wildman–Crippen MR) is 132 cm³/mol. The minimum atomic E-state index is -4.43. The van der Waals surface area contributed by atoms with Crippen LogP contribution >= 0.6 is 7.60 Å². The molecule has 180 valence electrons. The molecule has 0 radical (unpaired) electrons. The maximum atomic E-state index is 13.2. The molecule has 2 N–H and O–H groups in total. The average Bonchev–Trinajstić information content (AvgIpc) is 2.78. The van der Waals surface area contributed by atoms with Gasteiger partial charge in [-0.15, -0.1) is 4.91 Å². The summed E-state index contributed by atoms with van der Waals surface area (Å²) in [5.74, 6) is -0.927. The van der Waals surface area contributed by atoms with E-state index in [9.17, 15) is 18.7 Å². The molecule has 6 nitrogen and oxygen atoms in total. The third-order valence-corrected chi connectivity index (χ3v) is 6.00. The molecule has 0 unspecified atom stereocenters. The highest BCUT2D eigenvalue weighted by Crippen LogP contribution is 2.35. The lowest BCUT2D eigenvalue weighted by atomic mass is 9.91. The van der Waals surface area contributed by atoms with Gasteiger partial charge < -0.3 is 9.79 Å². The van der Waals surface area contributed by atoms with Crippen LogP contribution in [0.25, 0.3) is 0 Å². The van der Waals surface area contributed by atoms with Crippen molar-refractivity contribution >= 4 is 19.1 Å². The van der Waals surface area contributed by atoms with Gasteiger partial charge in [-0.25, -0.2) is 4.39 Å². The zero-order valence-corrected chi connectivity index (χ0v) is 20.6. The van der Waals surface area contributed by atoms with E-state index >= 15 is 0 Å². The highest BCUT2D eigenvalue weighted by molar-refractivity contribution is 7.52. The number of benzene rings is 3. The Morgan fingerprint density at radius 1 is 0.912 bits per heavy atom. The number of nitrogens with zero attached hydrogens (tertiary/aromatic N) is 1. The SMILES string of the molecule is CC.Cc1cc(C(=O)CP(=O)(O)O)cc(C)c1Cc1ccc(N=O)c(Cc2ccc(F)cc2)c1. The molecule has 0 aliphatic rings. The molecular weight excluding hydrogens is 456 g/mol. The topological polar surface area (TPSA) is 104 Å². The van der Waals surface area contributed by atoms with Gasteiger partial charge in [-0.3, -0.25) is 9.36 Å². The van der Waals surface area contributed by atoms with Crippen LogP contribution in [0.3, 0.4) is 0 Å². The first kappa shape index (κ1) is 27.3. The van der Waals surface area contributed by atoms with Crippen LogP contribution < -0.4 is 0 Å². The second kappa shape index (κ2) is 11.9. The molecule has 3 aromatic carbocycles. The third-order valence-electron chi connectivity index (χ3n) is 5.30. The Labute approximate surface area is 199 Å². The largest absolute Gasteiger partial charge is 0.333 e. The molecule has 0 spiro atoms. The van der Waals surface area contributed by atoms with Crippen molar-refractivity contribution in [2.24, 2.45) is 5.18 Å². The van der Waals surface area contributed by atoms with Gasteiger partial charge in [-0.2, -0.15) is 0 Å². The Morgan fingerprint density at radius 2 is 1.47 bits per heavy atom. The maximum absolute atomic E-state index is 13.2. The van der Waals surface area contributed by atoms with Gasteiger partial charge in [0, 0.05) is 5.56 Å². The predicted octanol–water partition coefficient (Wildman–Crippen LogP) is 6.41. The number of halogens is 1. The first-order valence-corrected chi connectivity index (χ1v) is 12.7. The number of carbonyl (C=O) groups is 1. The summed E-state index contributed by atoms with van der Waals surface area (Å²) >= 11 is 0. The summed E-state index contributed by atoms with van der Waals surface area (Å²) in [7, 11) is -4.43. The summed E-state index contributed by atoms with van der Waals surface area (Å²) in [5, 5.41) is 3.10. The fourth-order valence-electron chi connectivity index (χ4n) is 3.72. The normalized spacial score (nSPS) is 10.9. The van der Waals surface area contributed by atoms with Crippen molar-refractivity contribution in [1.82, 2.24) is 0 Å². The van der Waals surface area contributed by atoms with Crippen molar-refractivity contribution in [3.05, 3.63) is 104 Å². The van der Waals surface area contributed by atoms with Gasteiger partial charge in [0.1, 0.15) is 17.7 Å². The third kappa shape index (κ3) is 7.52. The number of hydrogen-bond donors (Lipinski definition) is 2. The van der Waals surface area contributed by atoms with Gasteiger partial charge in [0.05, 0.1) is 0 Å². The van der Waals surface area contributed by atoms with Crippen LogP contribution in [-0.2, 0) is 17.4 Å². The minimum Gasteiger partial charge on any atom is -0.324 e. The van der Waals surface area contributed by atoms with Crippen LogP contribution in [-0.4, -0.2) is 21.7 Å². The van der Waals surface area contributed by atoms with E-state index in [1.807, 2.05) is 39.8 Å². The van der Waals surface area contributed by atoms with E-state index in [1.54, 1.807) is 30.3 Å². The summed E-state index contributed by atoms with van der Waals surface area (Å²) in [4.78, 5) is 41.6. The lowest BCUT2D eigenvalue weighted by Gasteiger charge is -2.14. The quantitative estimate of drug-likeness (QED) is 0.218. The second-order valence-corrected chi connectivity index (χ2v) is 9.51. The molecule has 3 rings (SSSR count). The van der Waals surface area contributed by atoms with E-state index in [1.165, 1.54) is 12.1 Å². The zero-order chi connectivity index (χ0) is 25.5. The lowest BCUT2D eigenvalue weighted by molar-refractivity contribution is 0.101. The van der Waals surface area contributed by atoms with Gasteiger partial charge in [0.25, 0.3) is 0 Å². The molecule has 3 aromatic rings. The molecule has 0 fully saturated rings. The summed E-state index contributed by atoms with van der Waals surface area (Å²) in [6, 6.07) is 14.7. The van der Waals surface area contributed by atoms with E-state index < -0.39 is 19.5 Å². The Balaban J connectivity index is 0.00000199. The smallest absolute Gasteiger partial charge is 0.324 e. The van der Waals surface area contributed by atoms with Crippen LogP contribution in [0.1, 0.15) is 57.6 Å². The van der Waals surface area contributed by atoms with Crippen LogP contribution in [0.15, 0.2) is 59.8 Å². The van der Waals surface area contributed by atoms with Crippen molar-refractivity contribution in [2.45, 2.75) is 40.5 Å². The molecule has 0 atom stereocenters. The Hall–Kier alpha value is -2.99. The molecule has 0 amide bonds. The molecule has 0 saturated heterocycles. The van der Waals surface area contributed by atoms with Gasteiger partial charge in [0.15, 0.2) is 5.78 Å². The summed E-state index contributed by atoms with van der Waals surface area (Å²) in [6.07, 6.45) is 0.154. The van der Waals surface area contributed by atoms with E-state index in [4.69, 9.17) is 9.79 Å². The maximum Gasteiger partial charge on any atom is 0.333 e. The average molecular weight is 485 g/mol. The first-order chi connectivity index (χ1) is 16.1. The fraction of sp³-hybridized carbons (Fsp3) is 0.269. The van der Waals surface area contributed by atoms with E-state index in [-0.39, 0.29) is 11.4 Å².